The largest absolute Gasteiger partial charge is 0.409 e. The third-order valence-corrected chi connectivity index (χ3v) is 4.21. The summed E-state index contributed by atoms with van der Waals surface area (Å²) in [6.45, 7) is 3.57. The van der Waals surface area contributed by atoms with Gasteiger partial charge in [-0.25, -0.2) is 0 Å². The molecule has 2 heterocycles. The lowest BCUT2D eigenvalue weighted by molar-refractivity contribution is -0.366. The van der Waals surface area contributed by atoms with Crippen LogP contribution in [0.15, 0.2) is 0 Å². The van der Waals surface area contributed by atoms with Crippen molar-refractivity contribution >= 4 is 0 Å². The molecule has 0 spiro atoms. The summed E-state index contributed by atoms with van der Waals surface area (Å²) in [5, 5.41) is 7.00. The fraction of sp³-hybridized carbons (Fsp3) is 1.00. The molecule has 158 valence electrons. The number of aliphatic hydroxyl groups excluding tert-OH is 1. The SMILES string of the molecule is CO.COCC12CCCN1CCC2.FC(F)(F)C(C(F)(F)F)C(F)(F)F. The maximum Gasteiger partial charge on any atom is 0.409 e. The van der Waals surface area contributed by atoms with Gasteiger partial charge in [-0.05, 0) is 38.8 Å². The first kappa shape index (κ1) is 25.2. The average molecular weight is 407 g/mol. The predicted octanol–water partition coefficient (Wildman–Crippen LogP) is 4.16. The molecule has 0 aromatic rings. The zero-order valence-corrected chi connectivity index (χ0v) is 14.2. The minimum Gasteiger partial charge on any atom is -0.400 e. The molecule has 0 unspecified atom stereocenters. The molecular weight excluding hydrogens is 385 g/mol. The monoisotopic (exact) mass is 407 g/mol. The Kier molecular flexibility index (Phi) is 9.17. The molecule has 0 amide bonds. The third kappa shape index (κ3) is 6.76. The molecule has 26 heavy (non-hydrogen) atoms. The van der Waals surface area contributed by atoms with Crippen LogP contribution in [0.2, 0.25) is 0 Å². The van der Waals surface area contributed by atoms with Crippen molar-refractivity contribution in [2.24, 2.45) is 5.92 Å². The second-order valence-electron chi connectivity index (χ2n) is 5.91. The molecule has 0 atom stereocenters. The van der Waals surface area contributed by atoms with Crippen LogP contribution in [0.25, 0.3) is 0 Å². The van der Waals surface area contributed by atoms with Crippen molar-refractivity contribution in [2.45, 2.75) is 49.8 Å². The highest BCUT2D eigenvalue weighted by Gasteiger charge is 2.69. The van der Waals surface area contributed by atoms with Gasteiger partial charge in [0.25, 0.3) is 0 Å². The van der Waals surface area contributed by atoms with E-state index in [2.05, 4.69) is 4.90 Å². The lowest BCUT2D eigenvalue weighted by atomic mass is 9.95. The summed E-state index contributed by atoms with van der Waals surface area (Å²) in [6.07, 6.45) is -13.6. The van der Waals surface area contributed by atoms with Gasteiger partial charge in [-0.3, -0.25) is 4.90 Å². The van der Waals surface area contributed by atoms with Gasteiger partial charge in [0.1, 0.15) is 0 Å². The fourth-order valence-corrected chi connectivity index (χ4v) is 3.29. The van der Waals surface area contributed by atoms with Crippen molar-refractivity contribution in [3.63, 3.8) is 0 Å². The zero-order chi connectivity index (χ0) is 20.8. The number of halogens is 9. The molecule has 0 aliphatic carbocycles. The molecule has 0 aromatic heterocycles. The van der Waals surface area contributed by atoms with Crippen LogP contribution in [0.3, 0.4) is 0 Å². The molecule has 2 rings (SSSR count). The van der Waals surface area contributed by atoms with Gasteiger partial charge in [0.05, 0.1) is 6.61 Å². The highest BCUT2D eigenvalue weighted by Crippen LogP contribution is 2.48. The predicted molar refractivity (Wildman–Crippen MR) is 74.4 cm³/mol. The van der Waals surface area contributed by atoms with E-state index < -0.39 is 24.4 Å². The molecule has 0 bridgehead atoms. The Bertz CT molecular complexity index is 363. The van der Waals surface area contributed by atoms with Gasteiger partial charge in [-0.2, -0.15) is 39.5 Å². The van der Waals surface area contributed by atoms with Crippen LogP contribution in [-0.4, -0.2) is 68.0 Å². The minimum absolute atomic E-state index is 0.467. The molecule has 2 aliphatic heterocycles. The standard InChI is InChI=1S/C9H17NO.C4HF9.CH4O/c1-11-8-9-4-2-6-10(9)7-3-5-9;5-2(6,7)1(3(8,9)10)4(11,12)13;1-2/h2-8H2,1H3;1H;2H,1H3. The van der Waals surface area contributed by atoms with E-state index in [1.165, 1.54) is 38.8 Å². The van der Waals surface area contributed by atoms with Crippen molar-refractivity contribution in [1.82, 2.24) is 4.90 Å². The third-order valence-electron chi connectivity index (χ3n) is 4.21. The van der Waals surface area contributed by atoms with Gasteiger partial charge in [-0.15, -0.1) is 0 Å². The quantitative estimate of drug-likeness (QED) is 0.698. The van der Waals surface area contributed by atoms with Crippen molar-refractivity contribution in [2.75, 3.05) is 33.9 Å². The second-order valence-corrected chi connectivity index (χ2v) is 5.91. The summed E-state index contributed by atoms with van der Waals surface area (Å²) < 4.78 is 107. The molecule has 2 saturated heterocycles. The van der Waals surface area contributed by atoms with Gasteiger partial charge in [0, 0.05) is 19.8 Å². The zero-order valence-electron chi connectivity index (χ0n) is 14.2. The maximum atomic E-state index is 11.3. The van der Waals surface area contributed by atoms with Gasteiger partial charge in [0.15, 0.2) is 0 Å². The first-order valence-electron chi connectivity index (χ1n) is 7.63. The number of nitrogens with zero attached hydrogens (tertiary/aromatic N) is 1. The van der Waals surface area contributed by atoms with E-state index in [4.69, 9.17) is 9.84 Å². The summed E-state index contributed by atoms with van der Waals surface area (Å²) in [5.74, 6) is -5.27. The van der Waals surface area contributed by atoms with Crippen molar-refractivity contribution < 1.29 is 49.4 Å². The highest BCUT2D eigenvalue weighted by molar-refractivity contribution is 4.99. The van der Waals surface area contributed by atoms with Crippen LogP contribution >= 0.6 is 0 Å². The van der Waals surface area contributed by atoms with Gasteiger partial charge in [-0.1, -0.05) is 0 Å². The Hall–Kier alpha value is -0.750. The Morgan fingerprint density at radius 2 is 1.19 bits per heavy atom. The van der Waals surface area contributed by atoms with Gasteiger partial charge < -0.3 is 9.84 Å². The summed E-state index contributed by atoms with van der Waals surface area (Å²) in [5.41, 5.74) is 0.467. The lowest BCUT2D eigenvalue weighted by Gasteiger charge is -2.30. The molecule has 3 nitrogen and oxygen atoms in total. The van der Waals surface area contributed by atoms with Crippen molar-refractivity contribution in [3.05, 3.63) is 0 Å². The lowest BCUT2D eigenvalue weighted by Crippen LogP contribution is -2.46. The average Bonchev–Trinajstić information content (AvgIpc) is 2.95. The van der Waals surface area contributed by atoms with E-state index in [1.807, 2.05) is 7.11 Å². The number of hydrogen-bond acceptors (Lipinski definition) is 3. The number of ether oxygens (including phenoxy) is 1. The Labute approximate surface area is 145 Å². The van der Waals surface area contributed by atoms with E-state index in [0.29, 0.717) is 5.54 Å². The Morgan fingerprint density at radius 3 is 1.42 bits per heavy atom. The fourth-order valence-electron chi connectivity index (χ4n) is 3.29. The van der Waals surface area contributed by atoms with Gasteiger partial charge in [0.2, 0.25) is 5.92 Å². The van der Waals surface area contributed by atoms with Crippen LogP contribution in [0.5, 0.6) is 0 Å². The molecule has 2 aliphatic rings. The maximum absolute atomic E-state index is 11.3. The molecular formula is C14H22F9NO2. The summed E-state index contributed by atoms with van der Waals surface area (Å²) >= 11 is 0. The molecule has 0 saturated carbocycles. The Morgan fingerprint density at radius 1 is 0.846 bits per heavy atom. The minimum atomic E-state index is -6.36. The van der Waals surface area contributed by atoms with Crippen molar-refractivity contribution in [1.29, 1.82) is 0 Å². The molecule has 1 N–H and O–H groups in total. The van der Waals surface area contributed by atoms with E-state index in [0.717, 1.165) is 13.7 Å². The van der Waals surface area contributed by atoms with Crippen LogP contribution in [-0.2, 0) is 4.74 Å². The van der Waals surface area contributed by atoms with E-state index in [-0.39, 0.29) is 0 Å². The number of aliphatic hydroxyl groups is 1. The first-order valence-corrected chi connectivity index (χ1v) is 7.63. The topological polar surface area (TPSA) is 32.7 Å². The number of alkyl halides is 9. The molecule has 0 radical (unpaired) electrons. The number of hydrogen-bond donors (Lipinski definition) is 1. The normalized spacial score (nSPS) is 20.2. The summed E-state index contributed by atoms with van der Waals surface area (Å²) in [7, 11) is 2.82. The summed E-state index contributed by atoms with van der Waals surface area (Å²) in [6, 6.07) is 0. The molecule has 12 heteroatoms. The van der Waals surface area contributed by atoms with Crippen LogP contribution < -0.4 is 0 Å². The van der Waals surface area contributed by atoms with Crippen LogP contribution in [0, 0.1) is 5.92 Å². The summed E-state index contributed by atoms with van der Waals surface area (Å²) in [4.78, 5) is 2.62. The first-order chi connectivity index (χ1) is 11.7. The van der Waals surface area contributed by atoms with Gasteiger partial charge >= 0.3 is 18.5 Å². The van der Waals surface area contributed by atoms with E-state index in [9.17, 15) is 39.5 Å². The molecule has 2 fully saturated rings. The van der Waals surface area contributed by atoms with E-state index in [1.54, 1.807) is 0 Å². The second kappa shape index (κ2) is 9.45. The highest BCUT2D eigenvalue weighted by atomic mass is 19.4. The van der Waals surface area contributed by atoms with Crippen molar-refractivity contribution in [3.8, 4) is 0 Å². The number of methoxy groups -OCH3 is 1. The Balaban J connectivity index is 0.000000441. The molecule has 0 aromatic carbocycles. The smallest absolute Gasteiger partial charge is 0.400 e. The van der Waals surface area contributed by atoms with Crippen LogP contribution in [0.1, 0.15) is 25.7 Å². The number of rotatable bonds is 2. The van der Waals surface area contributed by atoms with Crippen LogP contribution in [0.4, 0.5) is 39.5 Å². The van der Waals surface area contributed by atoms with E-state index >= 15 is 0 Å². The number of fused-ring (bicyclic) bond motifs is 1.